The second-order valence-corrected chi connectivity index (χ2v) is 6.33. The van der Waals surface area contributed by atoms with E-state index >= 15 is 0 Å². The molecular weight excluding hydrogens is 362 g/mol. The van der Waals surface area contributed by atoms with Crippen LogP contribution in [0, 0.1) is 0 Å². The van der Waals surface area contributed by atoms with Crippen LogP contribution >= 0.6 is 0 Å². The number of aromatic carboxylic acids is 1. The molecule has 0 spiro atoms. The zero-order chi connectivity index (χ0) is 19.9. The van der Waals surface area contributed by atoms with Crippen LogP contribution in [0.15, 0.2) is 54.6 Å². The lowest BCUT2D eigenvalue weighted by molar-refractivity contribution is 0.0696. The molecule has 0 radical (unpaired) electrons. The van der Waals surface area contributed by atoms with Gasteiger partial charge in [-0.15, -0.1) is 0 Å². The van der Waals surface area contributed by atoms with E-state index in [2.05, 4.69) is 5.32 Å². The highest BCUT2D eigenvalue weighted by atomic mass is 16.6. The fourth-order valence-electron chi connectivity index (χ4n) is 2.84. The van der Waals surface area contributed by atoms with Crippen LogP contribution in [-0.2, 0) is 11.3 Å². The first kappa shape index (κ1) is 19.2. The maximum Gasteiger partial charge on any atom is 0.410 e. The molecule has 8 heteroatoms. The summed E-state index contributed by atoms with van der Waals surface area (Å²) in [6.45, 7) is 1.68. The normalized spacial score (nSPS) is 13.7. The number of ether oxygens (including phenoxy) is 1. The third kappa shape index (κ3) is 5.00. The van der Waals surface area contributed by atoms with Crippen molar-refractivity contribution < 1.29 is 24.2 Å². The van der Waals surface area contributed by atoms with Crippen LogP contribution in [0.2, 0.25) is 0 Å². The van der Waals surface area contributed by atoms with Crippen LogP contribution in [0.25, 0.3) is 0 Å². The number of benzene rings is 2. The van der Waals surface area contributed by atoms with E-state index in [4.69, 9.17) is 9.84 Å². The Hall–Kier alpha value is -3.55. The van der Waals surface area contributed by atoms with Crippen molar-refractivity contribution in [3.63, 3.8) is 0 Å². The summed E-state index contributed by atoms with van der Waals surface area (Å²) in [5.41, 5.74) is 1.43. The minimum atomic E-state index is -1.06. The van der Waals surface area contributed by atoms with E-state index in [9.17, 15) is 14.4 Å². The minimum absolute atomic E-state index is 0.101. The first-order chi connectivity index (χ1) is 13.5. The molecule has 1 aliphatic rings. The highest BCUT2D eigenvalue weighted by Crippen LogP contribution is 2.13. The number of nitrogens with zero attached hydrogens (tertiary/aromatic N) is 2. The standard InChI is InChI=1S/C20H21N3O5/c24-18(25)16-7-4-8-17(13-16)21-19(26)22-9-11-23(12-10-22)20(27)28-14-15-5-2-1-3-6-15/h1-8,13H,9-12,14H2,(H,21,26)(H,24,25). The Bertz CT molecular complexity index is 848. The molecule has 2 aromatic rings. The molecule has 146 valence electrons. The van der Waals surface area contributed by atoms with Gasteiger partial charge < -0.3 is 25.0 Å². The molecule has 1 saturated heterocycles. The van der Waals surface area contributed by atoms with Crippen LogP contribution in [0.5, 0.6) is 0 Å². The van der Waals surface area contributed by atoms with Gasteiger partial charge in [-0.2, -0.15) is 0 Å². The van der Waals surface area contributed by atoms with Gasteiger partial charge in [0.2, 0.25) is 0 Å². The Labute approximate surface area is 162 Å². The summed E-state index contributed by atoms with van der Waals surface area (Å²) < 4.78 is 5.31. The molecule has 1 fully saturated rings. The fraction of sp³-hybridized carbons (Fsp3) is 0.250. The number of piperazine rings is 1. The molecule has 1 aliphatic heterocycles. The van der Waals surface area contributed by atoms with Crippen molar-refractivity contribution in [1.82, 2.24) is 9.80 Å². The first-order valence-corrected chi connectivity index (χ1v) is 8.88. The maximum atomic E-state index is 12.4. The van der Waals surface area contributed by atoms with E-state index in [1.165, 1.54) is 12.1 Å². The van der Waals surface area contributed by atoms with E-state index in [1.54, 1.807) is 21.9 Å². The van der Waals surface area contributed by atoms with Gasteiger partial charge in [0, 0.05) is 31.9 Å². The SMILES string of the molecule is O=C(O)c1cccc(NC(=O)N2CCN(C(=O)OCc3ccccc3)CC2)c1. The molecular formula is C20H21N3O5. The molecule has 0 aliphatic carbocycles. The molecule has 3 rings (SSSR count). The Balaban J connectivity index is 1.46. The van der Waals surface area contributed by atoms with E-state index in [1.807, 2.05) is 30.3 Å². The molecule has 0 aromatic heterocycles. The van der Waals surface area contributed by atoms with Gasteiger partial charge in [0.25, 0.3) is 0 Å². The zero-order valence-corrected chi connectivity index (χ0v) is 15.2. The Morgan fingerprint density at radius 1 is 0.929 bits per heavy atom. The van der Waals surface area contributed by atoms with E-state index in [-0.39, 0.29) is 18.2 Å². The maximum absolute atomic E-state index is 12.4. The molecule has 0 bridgehead atoms. The quantitative estimate of drug-likeness (QED) is 0.846. The topological polar surface area (TPSA) is 99.2 Å². The number of carbonyl (C=O) groups is 3. The smallest absolute Gasteiger partial charge is 0.410 e. The van der Waals surface area contributed by atoms with Gasteiger partial charge in [0.1, 0.15) is 6.61 Å². The zero-order valence-electron chi connectivity index (χ0n) is 15.2. The van der Waals surface area contributed by atoms with Gasteiger partial charge in [-0.3, -0.25) is 0 Å². The lowest BCUT2D eigenvalue weighted by Crippen LogP contribution is -2.51. The van der Waals surface area contributed by atoms with Crippen molar-refractivity contribution in [2.45, 2.75) is 6.61 Å². The predicted octanol–water partition coefficient (Wildman–Crippen LogP) is 2.87. The van der Waals surface area contributed by atoms with E-state index in [0.717, 1.165) is 5.56 Å². The Morgan fingerprint density at radius 2 is 1.61 bits per heavy atom. The van der Waals surface area contributed by atoms with Gasteiger partial charge in [0.05, 0.1) is 5.56 Å². The lowest BCUT2D eigenvalue weighted by Gasteiger charge is -2.34. The number of hydrogen-bond acceptors (Lipinski definition) is 4. The molecule has 0 atom stereocenters. The third-order valence-corrected chi connectivity index (χ3v) is 4.39. The number of anilines is 1. The molecule has 2 N–H and O–H groups in total. The Morgan fingerprint density at radius 3 is 2.29 bits per heavy atom. The number of rotatable bonds is 4. The first-order valence-electron chi connectivity index (χ1n) is 8.88. The lowest BCUT2D eigenvalue weighted by atomic mass is 10.2. The van der Waals surface area contributed by atoms with Gasteiger partial charge in [-0.1, -0.05) is 36.4 Å². The number of carboxylic acids is 1. The molecule has 8 nitrogen and oxygen atoms in total. The van der Waals surface area contributed by atoms with Crippen molar-refractivity contribution in [1.29, 1.82) is 0 Å². The van der Waals surface area contributed by atoms with Gasteiger partial charge in [-0.05, 0) is 23.8 Å². The average Bonchev–Trinajstić information content (AvgIpc) is 2.73. The molecule has 28 heavy (non-hydrogen) atoms. The number of carboxylic acid groups (broad SMARTS) is 1. The van der Waals surface area contributed by atoms with E-state index < -0.39 is 12.1 Å². The van der Waals surface area contributed by atoms with Crippen molar-refractivity contribution in [3.05, 3.63) is 65.7 Å². The summed E-state index contributed by atoms with van der Waals surface area (Å²) in [4.78, 5) is 38.7. The predicted molar refractivity (Wildman–Crippen MR) is 102 cm³/mol. The third-order valence-electron chi connectivity index (χ3n) is 4.39. The van der Waals surface area contributed by atoms with Crippen molar-refractivity contribution in [2.24, 2.45) is 0 Å². The summed E-state index contributed by atoms with van der Waals surface area (Å²) >= 11 is 0. The summed E-state index contributed by atoms with van der Waals surface area (Å²) in [5.74, 6) is -1.06. The summed E-state index contributed by atoms with van der Waals surface area (Å²) in [6.07, 6.45) is -0.405. The molecule has 0 saturated carbocycles. The van der Waals surface area contributed by atoms with E-state index in [0.29, 0.717) is 31.9 Å². The number of urea groups is 1. The van der Waals surface area contributed by atoms with Crippen LogP contribution in [0.3, 0.4) is 0 Å². The number of hydrogen-bond donors (Lipinski definition) is 2. The van der Waals surface area contributed by atoms with Crippen LogP contribution in [0.1, 0.15) is 15.9 Å². The average molecular weight is 383 g/mol. The number of carbonyl (C=O) groups excluding carboxylic acids is 2. The fourth-order valence-corrected chi connectivity index (χ4v) is 2.84. The largest absolute Gasteiger partial charge is 0.478 e. The summed E-state index contributed by atoms with van der Waals surface area (Å²) in [5, 5.41) is 11.7. The summed E-state index contributed by atoms with van der Waals surface area (Å²) in [7, 11) is 0. The second kappa shape index (κ2) is 8.90. The monoisotopic (exact) mass is 383 g/mol. The molecule has 3 amide bonds. The Kier molecular flexibility index (Phi) is 6.11. The van der Waals surface area contributed by atoms with Gasteiger partial charge >= 0.3 is 18.1 Å². The molecule has 0 unspecified atom stereocenters. The molecule has 1 heterocycles. The highest BCUT2D eigenvalue weighted by Gasteiger charge is 2.25. The molecule has 2 aromatic carbocycles. The van der Waals surface area contributed by atoms with Crippen molar-refractivity contribution >= 4 is 23.8 Å². The van der Waals surface area contributed by atoms with Crippen LogP contribution < -0.4 is 5.32 Å². The van der Waals surface area contributed by atoms with Crippen molar-refractivity contribution in [2.75, 3.05) is 31.5 Å². The highest BCUT2D eigenvalue weighted by molar-refractivity contribution is 5.93. The number of nitrogens with one attached hydrogen (secondary N) is 1. The van der Waals surface area contributed by atoms with Crippen LogP contribution in [0.4, 0.5) is 15.3 Å². The summed E-state index contributed by atoms with van der Waals surface area (Å²) in [6, 6.07) is 15.1. The minimum Gasteiger partial charge on any atom is -0.478 e. The van der Waals surface area contributed by atoms with Crippen LogP contribution in [-0.4, -0.2) is 59.2 Å². The van der Waals surface area contributed by atoms with Gasteiger partial charge in [0.15, 0.2) is 0 Å². The second-order valence-electron chi connectivity index (χ2n) is 6.33. The van der Waals surface area contributed by atoms with Gasteiger partial charge in [-0.25, -0.2) is 14.4 Å². The number of amides is 3. The van der Waals surface area contributed by atoms with Crippen molar-refractivity contribution in [3.8, 4) is 0 Å².